The van der Waals surface area contributed by atoms with Gasteiger partial charge in [-0.15, -0.1) is 0 Å². The van der Waals surface area contributed by atoms with Crippen molar-refractivity contribution in [3.63, 3.8) is 0 Å². The number of carbonyl (C=O) groups excluding carboxylic acids is 1. The van der Waals surface area contributed by atoms with Gasteiger partial charge in [0.05, 0.1) is 0 Å². The first kappa shape index (κ1) is 20.7. The lowest BCUT2D eigenvalue weighted by Crippen LogP contribution is -2.55. The second-order valence-corrected chi connectivity index (χ2v) is 6.97. The van der Waals surface area contributed by atoms with Gasteiger partial charge in [-0.25, -0.2) is 9.59 Å². The Hall–Kier alpha value is -1.26. The van der Waals surface area contributed by atoms with Crippen LogP contribution in [0.3, 0.4) is 0 Å². The summed E-state index contributed by atoms with van der Waals surface area (Å²) in [4.78, 5) is 23.7. The number of hydrogen-bond donors (Lipinski definition) is 2. The van der Waals surface area contributed by atoms with Gasteiger partial charge in [0.2, 0.25) is 0 Å². The highest BCUT2D eigenvalue weighted by molar-refractivity contribution is 5.84. The average molecular weight is 315 g/mol. The first-order valence-electron chi connectivity index (χ1n) is 8.34. The average Bonchev–Trinajstić information content (AvgIpc) is 2.39. The predicted molar refractivity (Wildman–Crippen MR) is 88.0 cm³/mol. The predicted octanol–water partition coefficient (Wildman–Crippen LogP) is 4.35. The molecule has 0 aliphatic carbocycles. The molecule has 5 nitrogen and oxygen atoms in total. The Kier molecular flexibility index (Phi) is 8.49. The minimum Gasteiger partial charge on any atom is -0.480 e. The maximum atomic E-state index is 12.0. The summed E-state index contributed by atoms with van der Waals surface area (Å²) in [7, 11) is 0. The van der Waals surface area contributed by atoms with E-state index >= 15 is 0 Å². The van der Waals surface area contributed by atoms with Crippen LogP contribution in [0.2, 0.25) is 0 Å². The Labute approximate surface area is 134 Å². The molecule has 0 spiro atoms. The van der Waals surface area contributed by atoms with Crippen molar-refractivity contribution in [2.45, 2.75) is 91.2 Å². The van der Waals surface area contributed by atoms with Crippen molar-refractivity contribution in [2.75, 3.05) is 0 Å². The lowest BCUT2D eigenvalue weighted by Gasteiger charge is -2.32. The van der Waals surface area contributed by atoms with E-state index in [1.54, 1.807) is 27.7 Å². The smallest absolute Gasteiger partial charge is 0.408 e. The van der Waals surface area contributed by atoms with Crippen molar-refractivity contribution < 1.29 is 19.4 Å². The molecular formula is C17H33NO4. The number of carbonyl (C=O) groups is 2. The van der Waals surface area contributed by atoms with Crippen LogP contribution in [0.5, 0.6) is 0 Å². The van der Waals surface area contributed by atoms with Crippen LogP contribution in [-0.2, 0) is 9.53 Å². The molecule has 0 aromatic heterocycles. The van der Waals surface area contributed by atoms with E-state index in [2.05, 4.69) is 19.2 Å². The molecule has 2 unspecified atom stereocenters. The summed E-state index contributed by atoms with van der Waals surface area (Å²) in [6.07, 6.45) is 4.09. The van der Waals surface area contributed by atoms with Crippen LogP contribution in [0.4, 0.5) is 4.79 Å². The van der Waals surface area contributed by atoms with Crippen LogP contribution in [0.1, 0.15) is 80.1 Å². The second kappa shape index (κ2) is 9.01. The molecule has 0 aromatic rings. The number of carboxylic acids is 1. The summed E-state index contributed by atoms with van der Waals surface area (Å²) in [5, 5.41) is 12.2. The zero-order chi connectivity index (χ0) is 17.4. The Morgan fingerprint density at radius 3 is 2.09 bits per heavy atom. The fraction of sp³-hybridized carbons (Fsp3) is 0.882. The van der Waals surface area contributed by atoms with Gasteiger partial charge in [-0.1, -0.05) is 40.0 Å². The van der Waals surface area contributed by atoms with Crippen LogP contribution < -0.4 is 5.32 Å². The fourth-order valence-corrected chi connectivity index (χ4v) is 2.55. The normalized spacial score (nSPS) is 15.7. The van der Waals surface area contributed by atoms with Gasteiger partial charge < -0.3 is 15.2 Å². The Morgan fingerprint density at radius 2 is 1.73 bits per heavy atom. The summed E-state index contributed by atoms with van der Waals surface area (Å²) in [5.74, 6) is -0.497. The number of amides is 1. The topological polar surface area (TPSA) is 75.6 Å². The number of rotatable bonds is 9. The monoisotopic (exact) mass is 315 g/mol. The Balaban J connectivity index is 4.93. The highest BCUT2D eigenvalue weighted by Crippen LogP contribution is 2.26. The number of ether oxygens (including phenoxy) is 1. The first-order valence-corrected chi connectivity index (χ1v) is 8.34. The summed E-state index contributed by atoms with van der Waals surface area (Å²) in [5.41, 5.74) is -1.89. The third kappa shape index (κ3) is 7.14. The minimum absolute atomic E-state index is 0.337. The van der Waals surface area contributed by atoms with Gasteiger partial charge in [0.25, 0.3) is 0 Å². The molecular weight excluding hydrogens is 282 g/mol. The molecule has 0 aliphatic heterocycles. The van der Waals surface area contributed by atoms with Crippen molar-refractivity contribution in [3.05, 3.63) is 0 Å². The number of aliphatic carboxylic acids is 1. The second-order valence-electron chi connectivity index (χ2n) is 6.97. The summed E-state index contributed by atoms with van der Waals surface area (Å²) in [6.45, 7) is 11.3. The third-order valence-electron chi connectivity index (χ3n) is 4.01. The zero-order valence-electron chi connectivity index (χ0n) is 15.0. The zero-order valence-corrected chi connectivity index (χ0v) is 15.0. The SMILES string of the molecule is CCCC(CC)CCC(CC)(NC(=O)OC(C)(C)C)C(=O)O. The number of carboxylic acid groups (broad SMARTS) is 1. The quantitative estimate of drug-likeness (QED) is 0.663. The van der Waals surface area contributed by atoms with Crippen LogP contribution >= 0.6 is 0 Å². The van der Waals surface area contributed by atoms with Gasteiger partial charge in [0.15, 0.2) is 0 Å². The standard InChI is InChI=1S/C17H33NO4/c1-7-10-13(8-2)11-12-17(9-3,14(19)20)18-15(21)22-16(4,5)6/h13H,7-12H2,1-6H3,(H,18,21)(H,19,20). The van der Waals surface area contributed by atoms with Crippen LogP contribution in [0, 0.1) is 5.92 Å². The van der Waals surface area contributed by atoms with E-state index in [4.69, 9.17) is 4.74 Å². The van der Waals surface area contributed by atoms with Gasteiger partial charge in [0, 0.05) is 0 Å². The van der Waals surface area contributed by atoms with Gasteiger partial charge >= 0.3 is 12.1 Å². The molecule has 0 aromatic carbocycles. The molecule has 5 heteroatoms. The molecule has 0 rings (SSSR count). The largest absolute Gasteiger partial charge is 0.480 e. The van der Waals surface area contributed by atoms with Crippen molar-refractivity contribution in [2.24, 2.45) is 5.92 Å². The lowest BCUT2D eigenvalue weighted by molar-refractivity contribution is -0.145. The number of nitrogens with one attached hydrogen (secondary N) is 1. The number of alkyl carbamates (subject to hydrolysis) is 1. The highest BCUT2D eigenvalue weighted by Gasteiger charge is 2.39. The van der Waals surface area contributed by atoms with E-state index < -0.39 is 23.2 Å². The summed E-state index contributed by atoms with van der Waals surface area (Å²) in [6, 6.07) is 0. The van der Waals surface area contributed by atoms with Crippen LogP contribution in [0.25, 0.3) is 0 Å². The molecule has 2 N–H and O–H groups in total. The van der Waals surface area contributed by atoms with Crippen molar-refractivity contribution in [1.29, 1.82) is 0 Å². The van der Waals surface area contributed by atoms with Crippen LogP contribution in [0.15, 0.2) is 0 Å². The molecule has 0 fully saturated rings. The molecule has 22 heavy (non-hydrogen) atoms. The molecule has 0 radical (unpaired) electrons. The van der Waals surface area contributed by atoms with E-state index in [0.29, 0.717) is 18.8 Å². The van der Waals surface area contributed by atoms with Gasteiger partial charge in [-0.2, -0.15) is 0 Å². The van der Waals surface area contributed by atoms with Crippen molar-refractivity contribution in [1.82, 2.24) is 5.32 Å². The molecule has 130 valence electrons. The van der Waals surface area contributed by atoms with E-state index in [-0.39, 0.29) is 0 Å². The molecule has 0 saturated carbocycles. The molecule has 0 bridgehead atoms. The number of hydrogen-bond acceptors (Lipinski definition) is 3. The summed E-state index contributed by atoms with van der Waals surface area (Å²) >= 11 is 0. The maximum absolute atomic E-state index is 12.0. The minimum atomic E-state index is -1.25. The summed E-state index contributed by atoms with van der Waals surface area (Å²) < 4.78 is 5.21. The maximum Gasteiger partial charge on any atom is 0.408 e. The van der Waals surface area contributed by atoms with E-state index in [1.807, 2.05) is 0 Å². The van der Waals surface area contributed by atoms with Crippen molar-refractivity contribution in [3.8, 4) is 0 Å². The first-order chi connectivity index (χ1) is 10.1. The molecule has 0 saturated heterocycles. The molecule has 2 atom stereocenters. The lowest BCUT2D eigenvalue weighted by atomic mass is 9.84. The third-order valence-corrected chi connectivity index (χ3v) is 4.01. The molecule has 0 heterocycles. The van der Waals surface area contributed by atoms with Crippen molar-refractivity contribution >= 4 is 12.1 Å². The van der Waals surface area contributed by atoms with Gasteiger partial charge in [-0.3, -0.25) is 0 Å². The van der Waals surface area contributed by atoms with E-state index in [9.17, 15) is 14.7 Å². The molecule has 1 amide bonds. The van der Waals surface area contributed by atoms with Gasteiger partial charge in [-0.05, 0) is 46.0 Å². The Morgan fingerprint density at radius 1 is 1.14 bits per heavy atom. The van der Waals surface area contributed by atoms with E-state index in [1.165, 1.54) is 0 Å². The fourth-order valence-electron chi connectivity index (χ4n) is 2.55. The van der Waals surface area contributed by atoms with E-state index in [0.717, 1.165) is 25.7 Å². The highest BCUT2D eigenvalue weighted by atomic mass is 16.6. The Bertz CT molecular complexity index is 362. The molecule has 0 aliphatic rings. The van der Waals surface area contributed by atoms with Gasteiger partial charge in [0.1, 0.15) is 11.1 Å². The van der Waals surface area contributed by atoms with Crippen LogP contribution in [-0.4, -0.2) is 28.3 Å².